The van der Waals surface area contributed by atoms with Gasteiger partial charge in [-0.2, -0.15) is 5.10 Å². The van der Waals surface area contributed by atoms with Gasteiger partial charge in [-0.15, -0.1) is 0 Å². The second-order valence-electron chi connectivity index (χ2n) is 4.25. The molecule has 2 aromatic rings. The number of carbonyl (C=O) groups is 1. The summed E-state index contributed by atoms with van der Waals surface area (Å²) in [7, 11) is 1.76. The Hall–Kier alpha value is -2.24. The molecular weight excluding hydrogens is 252 g/mol. The van der Waals surface area contributed by atoms with E-state index in [1.807, 2.05) is 0 Å². The lowest BCUT2D eigenvalue weighted by Gasteiger charge is -2.06. The molecule has 0 unspecified atom stereocenters. The van der Waals surface area contributed by atoms with E-state index in [0.29, 0.717) is 11.4 Å². The van der Waals surface area contributed by atoms with Crippen LogP contribution in [0.2, 0.25) is 0 Å². The number of carbonyl (C=O) groups excluding carboxylic acids is 1. The molecule has 0 aliphatic rings. The predicted molar refractivity (Wildman–Crippen MR) is 67.0 cm³/mol. The maximum Gasteiger partial charge on any atom is 0.255 e. The van der Waals surface area contributed by atoms with Gasteiger partial charge in [0, 0.05) is 12.6 Å². The van der Waals surface area contributed by atoms with Gasteiger partial charge < -0.3 is 5.32 Å². The molecule has 1 N–H and O–H groups in total. The highest BCUT2D eigenvalue weighted by molar-refractivity contribution is 6.04. The lowest BCUT2D eigenvalue weighted by molar-refractivity contribution is 0.102. The molecule has 100 valence electrons. The minimum absolute atomic E-state index is 0.0570. The third kappa shape index (κ3) is 2.47. The second kappa shape index (κ2) is 4.79. The minimum Gasteiger partial charge on any atom is -0.319 e. The molecule has 0 atom stereocenters. The normalized spacial score (nSPS) is 10.6. The Morgan fingerprint density at radius 1 is 1.26 bits per heavy atom. The average Bonchev–Trinajstić information content (AvgIpc) is 2.59. The van der Waals surface area contributed by atoms with Gasteiger partial charge in [-0.1, -0.05) is 0 Å². The van der Waals surface area contributed by atoms with E-state index in [9.17, 15) is 13.6 Å². The summed E-state index contributed by atoms with van der Waals surface area (Å²) >= 11 is 0. The fourth-order valence-electron chi connectivity index (χ4n) is 1.78. The van der Waals surface area contributed by atoms with Crippen molar-refractivity contribution in [3.05, 3.63) is 46.8 Å². The van der Waals surface area contributed by atoms with Crippen LogP contribution in [-0.4, -0.2) is 15.7 Å². The van der Waals surface area contributed by atoms with Crippen LogP contribution in [0.4, 0.5) is 14.5 Å². The summed E-state index contributed by atoms with van der Waals surface area (Å²) in [5.41, 5.74) is 2.09. The maximum atomic E-state index is 13.1. The van der Waals surface area contributed by atoms with Crippen LogP contribution in [-0.2, 0) is 7.05 Å². The SMILES string of the molecule is Cc1nn(C)c(C)c1NC(=O)c1ccc(F)c(F)c1. The summed E-state index contributed by atoms with van der Waals surface area (Å²) in [6.45, 7) is 3.56. The average molecular weight is 265 g/mol. The molecule has 1 aromatic heterocycles. The summed E-state index contributed by atoms with van der Waals surface area (Å²) in [6.07, 6.45) is 0. The summed E-state index contributed by atoms with van der Waals surface area (Å²) in [6, 6.07) is 3.02. The molecule has 1 aromatic carbocycles. The Morgan fingerprint density at radius 3 is 2.47 bits per heavy atom. The first-order valence-corrected chi connectivity index (χ1v) is 5.66. The smallest absolute Gasteiger partial charge is 0.255 e. The van der Waals surface area contributed by atoms with Gasteiger partial charge in [-0.3, -0.25) is 9.48 Å². The quantitative estimate of drug-likeness (QED) is 0.907. The molecule has 2 rings (SSSR count). The van der Waals surface area contributed by atoms with E-state index < -0.39 is 17.5 Å². The van der Waals surface area contributed by atoms with Gasteiger partial charge in [0.2, 0.25) is 0 Å². The lowest BCUT2D eigenvalue weighted by Crippen LogP contribution is -2.13. The van der Waals surface area contributed by atoms with Crippen molar-refractivity contribution in [1.82, 2.24) is 9.78 Å². The standard InChI is InChI=1S/C13H13F2N3O/c1-7-12(8(2)18(3)17-7)16-13(19)9-4-5-10(14)11(15)6-9/h4-6H,1-3H3,(H,16,19). The second-order valence-corrected chi connectivity index (χ2v) is 4.25. The van der Waals surface area contributed by atoms with Gasteiger partial charge in [0.1, 0.15) is 0 Å². The number of anilines is 1. The summed E-state index contributed by atoms with van der Waals surface area (Å²) in [4.78, 5) is 12.0. The third-order valence-corrected chi connectivity index (χ3v) is 2.93. The van der Waals surface area contributed by atoms with Crippen molar-refractivity contribution in [3.8, 4) is 0 Å². The van der Waals surface area contributed by atoms with E-state index >= 15 is 0 Å². The highest BCUT2D eigenvalue weighted by Gasteiger charge is 2.15. The van der Waals surface area contributed by atoms with Crippen molar-refractivity contribution < 1.29 is 13.6 Å². The molecule has 0 spiro atoms. The number of halogens is 2. The molecule has 0 bridgehead atoms. The fraction of sp³-hybridized carbons (Fsp3) is 0.231. The van der Waals surface area contributed by atoms with Crippen LogP contribution in [0.15, 0.2) is 18.2 Å². The Kier molecular flexibility index (Phi) is 3.33. The molecule has 0 radical (unpaired) electrons. The van der Waals surface area contributed by atoms with E-state index in [1.54, 1.807) is 25.6 Å². The maximum absolute atomic E-state index is 13.1. The molecule has 1 amide bonds. The number of amides is 1. The van der Waals surface area contributed by atoms with Crippen molar-refractivity contribution in [3.63, 3.8) is 0 Å². The topological polar surface area (TPSA) is 46.9 Å². The van der Waals surface area contributed by atoms with Gasteiger partial charge in [0.15, 0.2) is 11.6 Å². The Balaban J connectivity index is 2.28. The van der Waals surface area contributed by atoms with Crippen molar-refractivity contribution in [2.75, 3.05) is 5.32 Å². The first-order valence-electron chi connectivity index (χ1n) is 5.66. The zero-order valence-corrected chi connectivity index (χ0v) is 10.8. The number of aryl methyl sites for hydroxylation is 2. The fourth-order valence-corrected chi connectivity index (χ4v) is 1.78. The number of aromatic nitrogens is 2. The van der Waals surface area contributed by atoms with Gasteiger partial charge in [0.05, 0.1) is 17.1 Å². The van der Waals surface area contributed by atoms with E-state index in [-0.39, 0.29) is 5.56 Å². The molecule has 1 heterocycles. The summed E-state index contributed by atoms with van der Waals surface area (Å²) in [5.74, 6) is -2.53. The summed E-state index contributed by atoms with van der Waals surface area (Å²) < 4.78 is 27.5. The van der Waals surface area contributed by atoms with Crippen LogP contribution in [0.25, 0.3) is 0 Å². The van der Waals surface area contributed by atoms with Crippen molar-refractivity contribution >= 4 is 11.6 Å². The Labute approximate surface area is 109 Å². The van der Waals surface area contributed by atoms with Gasteiger partial charge in [0.25, 0.3) is 5.91 Å². The van der Waals surface area contributed by atoms with Gasteiger partial charge >= 0.3 is 0 Å². The zero-order chi connectivity index (χ0) is 14.2. The van der Waals surface area contributed by atoms with Crippen LogP contribution in [0.3, 0.4) is 0 Å². The Morgan fingerprint density at radius 2 is 1.95 bits per heavy atom. The van der Waals surface area contributed by atoms with Crippen molar-refractivity contribution in [2.24, 2.45) is 7.05 Å². The predicted octanol–water partition coefficient (Wildman–Crippen LogP) is 2.57. The highest BCUT2D eigenvalue weighted by Crippen LogP contribution is 2.19. The van der Waals surface area contributed by atoms with E-state index in [1.165, 1.54) is 6.07 Å². The highest BCUT2D eigenvalue weighted by atomic mass is 19.2. The van der Waals surface area contributed by atoms with Gasteiger partial charge in [-0.05, 0) is 32.0 Å². The molecule has 0 saturated carbocycles. The number of hydrogen-bond donors (Lipinski definition) is 1. The molecule has 0 fully saturated rings. The molecule has 0 saturated heterocycles. The number of benzene rings is 1. The monoisotopic (exact) mass is 265 g/mol. The first-order chi connectivity index (χ1) is 8.90. The van der Waals surface area contributed by atoms with E-state index in [0.717, 1.165) is 17.8 Å². The molecule has 0 aliphatic carbocycles. The molecular formula is C13H13F2N3O. The number of nitrogens with zero attached hydrogens (tertiary/aromatic N) is 2. The number of rotatable bonds is 2. The van der Waals surface area contributed by atoms with Crippen molar-refractivity contribution in [2.45, 2.75) is 13.8 Å². The van der Waals surface area contributed by atoms with Gasteiger partial charge in [-0.25, -0.2) is 8.78 Å². The van der Waals surface area contributed by atoms with Crippen LogP contribution in [0.5, 0.6) is 0 Å². The largest absolute Gasteiger partial charge is 0.319 e. The van der Waals surface area contributed by atoms with Crippen LogP contribution in [0, 0.1) is 25.5 Å². The van der Waals surface area contributed by atoms with Crippen LogP contribution < -0.4 is 5.32 Å². The van der Waals surface area contributed by atoms with E-state index in [4.69, 9.17) is 0 Å². The Bertz CT molecular complexity index is 650. The molecule has 0 aliphatic heterocycles. The van der Waals surface area contributed by atoms with Crippen LogP contribution >= 0.6 is 0 Å². The number of nitrogens with one attached hydrogen (secondary N) is 1. The van der Waals surface area contributed by atoms with Crippen LogP contribution in [0.1, 0.15) is 21.7 Å². The number of hydrogen-bond acceptors (Lipinski definition) is 2. The molecule has 4 nitrogen and oxygen atoms in total. The molecule has 19 heavy (non-hydrogen) atoms. The van der Waals surface area contributed by atoms with Crippen molar-refractivity contribution in [1.29, 1.82) is 0 Å². The first kappa shape index (κ1) is 13.2. The molecule has 6 heteroatoms. The summed E-state index contributed by atoms with van der Waals surface area (Å²) in [5, 5.41) is 6.81. The van der Waals surface area contributed by atoms with E-state index in [2.05, 4.69) is 10.4 Å². The third-order valence-electron chi connectivity index (χ3n) is 2.93. The lowest BCUT2D eigenvalue weighted by atomic mass is 10.2. The minimum atomic E-state index is -1.05. The zero-order valence-electron chi connectivity index (χ0n) is 10.8.